The number of aryl methyl sites for hydroxylation is 1. The van der Waals surface area contributed by atoms with Crippen LogP contribution in [0, 0.1) is 12.8 Å². The number of hydrogen-bond donors (Lipinski definition) is 3. The van der Waals surface area contributed by atoms with Gasteiger partial charge in [0, 0.05) is 25.7 Å². The maximum atomic E-state index is 11.3. The van der Waals surface area contributed by atoms with Gasteiger partial charge in [0.1, 0.15) is 5.75 Å². The lowest BCUT2D eigenvalue weighted by molar-refractivity contribution is 0.296. The van der Waals surface area contributed by atoms with Gasteiger partial charge >= 0.3 is 0 Å². The molecule has 0 aromatic heterocycles. The van der Waals surface area contributed by atoms with Gasteiger partial charge in [0.15, 0.2) is 5.96 Å². The summed E-state index contributed by atoms with van der Waals surface area (Å²) in [6.45, 7) is 3.93. The van der Waals surface area contributed by atoms with Crippen LogP contribution in [0.15, 0.2) is 52.4 Å². The zero-order valence-electron chi connectivity index (χ0n) is 17.2. The Kier molecular flexibility index (Phi) is 8.92. The summed E-state index contributed by atoms with van der Waals surface area (Å²) in [5.41, 5.74) is 3.17. The number of halogens is 1. The average molecular weight is 544 g/mol. The van der Waals surface area contributed by atoms with E-state index in [4.69, 9.17) is 9.88 Å². The van der Waals surface area contributed by atoms with E-state index in [0.29, 0.717) is 25.0 Å². The average Bonchev–Trinajstić information content (AvgIpc) is 3.52. The fourth-order valence-corrected chi connectivity index (χ4v) is 3.33. The first-order valence-corrected chi connectivity index (χ1v) is 11.2. The number of aliphatic imine (C=N–C) groups is 1. The Morgan fingerprint density at radius 3 is 2.40 bits per heavy atom. The zero-order chi connectivity index (χ0) is 20.9. The largest absolute Gasteiger partial charge is 0.493 e. The molecule has 7 nitrogen and oxygen atoms in total. The highest BCUT2D eigenvalue weighted by atomic mass is 127. The number of sulfonamides is 1. The second-order valence-corrected chi connectivity index (χ2v) is 8.90. The van der Waals surface area contributed by atoms with Crippen LogP contribution in [0.25, 0.3) is 0 Å². The summed E-state index contributed by atoms with van der Waals surface area (Å²) in [5.74, 6) is 2.26. The fourth-order valence-electron chi connectivity index (χ4n) is 2.82. The molecule has 0 bridgehead atoms. The van der Waals surface area contributed by atoms with Crippen molar-refractivity contribution in [2.75, 3.05) is 13.7 Å². The molecule has 0 heterocycles. The highest BCUT2D eigenvalue weighted by molar-refractivity contribution is 14.0. The molecule has 0 atom stereocenters. The Balaban J connectivity index is 0.00000320. The van der Waals surface area contributed by atoms with E-state index in [1.54, 1.807) is 19.2 Å². The summed E-state index contributed by atoms with van der Waals surface area (Å²) in [6.07, 6.45) is 2.52. The summed E-state index contributed by atoms with van der Waals surface area (Å²) in [7, 11) is -1.97. The maximum absolute atomic E-state index is 11.3. The molecule has 3 rings (SSSR count). The summed E-state index contributed by atoms with van der Waals surface area (Å²) in [4.78, 5) is 4.34. The van der Waals surface area contributed by atoms with Crippen LogP contribution in [0.4, 0.5) is 0 Å². The number of nitrogens with one attached hydrogen (secondary N) is 2. The molecule has 1 aliphatic rings. The van der Waals surface area contributed by atoms with Crippen molar-refractivity contribution in [3.63, 3.8) is 0 Å². The Bertz CT molecular complexity index is 974. The lowest BCUT2D eigenvalue weighted by Gasteiger charge is -2.15. The van der Waals surface area contributed by atoms with Crippen LogP contribution >= 0.6 is 24.0 Å². The summed E-state index contributed by atoms with van der Waals surface area (Å²) in [5, 5.41) is 11.6. The van der Waals surface area contributed by atoms with Crippen molar-refractivity contribution in [3.05, 3.63) is 59.2 Å². The van der Waals surface area contributed by atoms with Gasteiger partial charge in [-0.3, -0.25) is 4.99 Å². The molecule has 2 aromatic rings. The number of guanidine groups is 1. The fraction of sp³-hybridized carbons (Fsp3) is 0.381. The van der Waals surface area contributed by atoms with Crippen molar-refractivity contribution in [2.45, 2.75) is 37.8 Å². The predicted molar refractivity (Wildman–Crippen MR) is 130 cm³/mol. The molecule has 0 unspecified atom stereocenters. The number of primary sulfonamides is 1. The third-order valence-corrected chi connectivity index (χ3v) is 5.71. The number of hydrogen-bond acceptors (Lipinski definition) is 4. The second kappa shape index (κ2) is 11.0. The lowest BCUT2D eigenvalue weighted by Crippen LogP contribution is -2.36. The quantitative estimate of drug-likeness (QED) is 0.269. The SMILES string of the molecule is CN=C(NCc1ccc(S(N)(=O)=O)cc1)NCc1ccc(C)cc1OCC1CC1.I. The van der Waals surface area contributed by atoms with Gasteiger partial charge < -0.3 is 15.4 Å². The standard InChI is InChI=1S/C21H28N4O3S.HI/c1-15-3-8-18(20(11-15)28-14-17-4-5-17)13-25-21(23-2)24-12-16-6-9-19(10-7-16)29(22,26)27;/h3,6-11,17H,4-5,12-14H2,1-2H3,(H2,22,26,27)(H2,23,24,25);1H. The van der Waals surface area contributed by atoms with Crippen molar-refractivity contribution in [2.24, 2.45) is 16.0 Å². The van der Waals surface area contributed by atoms with E-state index in [1.165, 1.54) is 30.5 Å². The summed E-state index contributed by atoms with van der Waals surface area (Å²) >= 11 is 0. The van der Waals surface area contributed by atoms with Gasteiger partial charge in [-0.05, 0) is 55.0 Å². The van der Waals surface area contributed by atoms with Gasteiger partial charge in [-0.2, -0.15) is 0 Å². The van der Waals surface area contributed by atoms with E-state index < -0.39 is 10.0 Å². The monoisotopic (exact) mass is 544 g/mol. The molecule has 1 saturated carbocycles. The van der Waals surface area contributed by atoms with Crippen molar-refractivity contribution in [1.82, 2.24) is 10.6 Å². The van der Waals surface area contributed by atoms with Crippen LogP contribution in [-0.2, 0) is 23.1 Å². The molecule has 0 spiro atoms. The maximum Gasteiger partial charge on any atom is 0.238 e. The minimum Gasteiger partial charge on any atom is -0.493 e. The third kappa shape index (κ3) is 7.44. The van der Waals surface area contributed by atoms with Crippen LogP contribution < -0.4 is 20.5 Å². The van der Waals surface area contributed by atoms with Gasteiger partial charge in [-0.15, -0.1) is 24.0 Å². The van der Waals surface area contributed by atoms with E-state index in [2.05, 4.69) is 40.7 Å². The Hall–Kier alpha value is -1.85. The molecule has 164 valence electrons. The van der Waals surface area contributed by atoms with E-state index in [9.17, 15) is 8.42 Å². The van der Waals surface area contributed by atoms with Crippen LogP contribution in [0.2, 0.25) is 0 Å². The Morgan fingerprint density at radius 2 is 1.80 bits per heavy atom. The van der Waals surface area contributed by atoms with Crippen LogP contribution in [0.5, 0.6) is 5.75 Å². The van der Waals surface area contributed by atoms with Crippen LogP contribution in [0.3, 0.4) is 0 Å². The van der Waals surface area contributed by atoms with Crippen LogP contribution in [0.1, 0.15) is 29.5 Å². The lowest BCUT2D eigenvalue weighted by atomic mass is 10.1. The first-order chi connectivity index (χ1) is 13.8. The van der Waals surface area contributed by atoms with E-state index >= 15 is 0 Å². The normalized spacial score (nSPS) is 14.0. The predicted octanol–water partition coefficient (Wildman–Crippen LogP) is 2.91. The van der Waals surface area contributed by atoms with Gasteiger partial charge in [0.05, 0.1) is 11.5 Å². The minimum atomic E-state index is -3.68. The molecule has 9 heteroatoms. The first kappa shape index (κ1) is 24.4. The molecule has 0 saturated heterocycles. The molecule has 30 heavy (non-hydrogen) atoms. The topological polar surface area (TPSA) is 106 Å². The van der Waals surface area contributed by atoms with Crippen molar-refractivity contribution < 1.29 is 13.2 Å². The number of rotatable bonds is 8. The molecular formula is C21H29IN4O3S. The van der Waals surface area contributed by atoms with Gasteiger partial charge in [-0.25, -0.2) is 13.6 Å². The summed E-state index contributed by atoms with van der Waals surface area (Å²) in [6, 6.07) is 12.7. The van der Waals surface area contributed by atoms with Gasteiger partial charge in [-0.1, -0.05) is 24.3 Å². The van der Waals surface area contributed by atoms with Crippen molar-refractivity contribution in [3.8, 4) is 5.75 Å². The van der Waals surface area contributed by atoms with Gasteiger partial charge in [0.2, 0.25) is 10.0 Å². The van der Waals surface area contributed by atoms with E-state index in [-0.39, 0.29) is 28.9 Å². The van der Waals surface area contributed by atoms with Gasteiger partial charge in [0.25, 0.3) is 0 Å². The smallest absolute Gasteiger partial charge is 0.238 e. The van der Waals surface area contributed by atoms with Crippen LogP contribution in [-0.4, -0.2) is 28.0 Å². The number of ether oxygens (including phenoxy) is 1. The first-order valence-electron chi connectivity index (χ1n) is 9.64. The molecule has 0 amide bonds. The Morgan fingerprint density at radius 1 is 1.13 bits per heavy atom. The minimum absolute atomic E-state index is 0. The zero-order valence-corrected chi connectivity index (χ0v) is 20.4. The number of benzene rings is 2. The number of nitrogens with two attached hydrogens (primary N) is 1. The molecule has 4 N–H and O–H groups in total. The highest BCUT2D eigenvalue weighted by Crippen LogP contribution is 2.30. The van der Waals surface area contributed by atoms with Crippen molar-refractivity contribution >= 4 is 40.0 Å². The number of nitrogens with zero attached hydrogens (tertiary/aromatic N) is 1. The molecule has 0 aliphatic heterocycles. The molecule has 0 radical (unpaired) electrons. The highest BCUT2D eigenvalue weighted by Gasteiger charge is 2.22. The molecular weight excluding hydrogens is 515 g/mol. The summed E-state index contributed by atoms with van der Waals surface area (Å²) < 4.78 is 28.7. The molecule has 1 aliphatic carbocycles. The Labute approximate surface area is 195 Å². The van der Waals surface area contributed by atoms with E-state index in [0.717, 1.165) is 23.5 Å². The second-order valence-electron chi connectivity index (χ2n) is 7.33. The molecule has 1 fully saturated rings. The third-order valence-electron chi connectivity index (χ3n) is 4.78. The van der Waals surface area contributed by atoms with E-state index in [1.807, 2.05) is 0 Å². The molecule has 2 aromatic carbocycles. The van der Waals surface area contributed by atoms with Crippen molar-refractivity contribution in [1.29, 1.82) is 0 Å².